The SMILES string of the molecule is CC1(CNC(=O)C(C)(C)C(N)=NO)CCOCC1. The third-order valence-corrected chi connectivity index (χ3v) is 3.69. The number of ether oxygens (including phenoxy) is 1. The van der Waals surface area contributed by atoms with Crippen molar-refractivity contribution in [3.05, 3.63) is 0 Å². The molecule has 0 bridgehead atoms. The first kappa shape index (κ1) is 14.8. The van der Waals surface area contributed by atoms with E-state index in [0.29, 0.717) is 6.54 Å². The molecule has 1 aliphatic rings. The van der Waals surface area contributed by atoms with E-state index >= 15 is 0 Å². The summed E-state index contributed by atoms with van der Waals surface area (Å²) in [5.41, 5.74) is 4.57. The summed E-state index contributed by atoms with van der Waals surface area (Å²) in [7, 11) is 0. The largest absolute Gasteiger partial charge is 0.409 e. The molecule has 1 heterocycles. The standard InChI is InChI=1S/C12H23N3O3/c1-11(2,9(13)15-17)10(16)14-8-12(3)4-6-18-7-5-12/h17H,4-8H2,1-3H3,(H2,13,15)(H,14,16). The summed E-state index contributed by atoms with van der Waals surface area (Å²) in [5.74, 6) is -0.317. The molecule has 18 heavy (non-hydrogen) atoms. The van der Waals surface area contributed by atoms with Crippen LogP contribution in [-0.4, -0.2) is 36.7 Å². The van der Waals surface area contributed by atoms with Gasteiger partial charge in [0.25, 0.3) is 0 Å². The van der Waals surface area contributed by atoms with Gasteiger partial charge in [-0.05, 0) is 32.1 Å². The maximum Gasteiger partial charge on any atom is 0.233 e. The Morgan fingerprint density at radius 1 is 1.50 bits per heavy atom. The molecule has 0 saturated carbocycles. The maximum atomic E-state index is 12.0. The minimum atomic E-state index is -1.00. The smallest absolute Gasteiger partial charge is 0.233 e. The molecule has 1 fully saturated rings. The minimum absolute atomic E-state index is 0.0646. The van der Waals surface area contributed by atoms with Crippen LogP contribution in [0.3, 0.4) is 0 Å². The van der Waals surface area contributed by atoms with Gasteiger partial charge in [-0.2, -0.15) is 0 Å². The predicted octanol–water partition coefficient (Wildman–Crippen LogP) is 0.692. The number of nitrogens with one attached hydrogen (secondary N) is 1. The summed E-state index contributed by atoms with van der Waals surface area (Å²) in [5, 5.41) is 14.4. The van der Waals surface area contributed by atoms with Gasteiger partial charge in [0.15, 0.2) is 5.84 Å². The summed E-state index contributed by atoms with van der Waals surface area (Å²) in [4.78, 5) is 12.0. The van der Waals surface area contributed by atoms with Gasteiger partial charge in [-0.1, -0.05) is 12.1 Å². The maximum absolute atomic E-state index is 12.0. The van der Waals surface area contributed by atoms with Gasteiger partial charge in [-0.25, -0.2) is 0 Å². The number of amides is 1. The van der Waals surface area contributed by atoms with E-state index in [1.807, 2.05) is 0 Å². The van der Waals surface area contributed by atoms with Crippen molar-refractivity contribution in [2.24, 2.45) is 21.7 Å². The van der Waals surface area contributed by atoms with E-state index in [9.17, 15) is 4.79 Å². The van der Waals surface area contributed by atoms with Crippen LogP contribution in [0.15, 0.2) is 5.16 Å². The predicted molar refractivity (Wildman–Crippen MR) is 68.4 cm³/mol. The highest BCUT2D eigenvalue weighted by Crippen LogP contribution is 2.29. The molecule has 1 aliphatic heterocycles. The normalized spacial score (nSPS) is 20.5. The first-order chi connectivity index (χ1) is 8.32. The number of hydrogen-bond acceptors (Lipinski definition) is 4. The fourth-order valence-corrected chi connectivity index (χ4v) is 1.80. The lowest BCUT2D eigenvalue weighted by Gasteiger charge is -2.34. The number of oxime groups is 1. The Morgan fingerprint density at radius 3 is 2.56 bits per heavy atom. The van der Waals surface area contributed by atoms with Crippen molar-refractivity contribution in [2.45, 2.75) is 33.6 Å². The summed E-state index contributed by atoms with van der Waals surface area (Å²) in [6, 6.07) is 0. The zero-order valence-corrected chi connectivity index (χ0v) is 11.3. The highest BCUT2D eigenvalue weighted by atomic mass is 16.5. The first-order valence-electron chi connectivity index (χ1n) is 6.16. The number of hydrogen-bond donors (Lipinski definition) is 3. The fraction of sp³-hybridized carbons (Fsp3) is 0.833. The van der Waals surface area contributed by atoms with Crippen molar-refractivity contribution >= 4 is 11.7 Å². The van der Waals surface area contributed by atoms with E-state index in [2.05, 4.69) is 17.4 Å². The number of rotatable bonds is 4. The fourth-order valence-electron chi connectivity index (χ4n) is 1.80. The average molecular weight is 257 g/mol. The second-order valence-corrected chi connectivity index (χ2v) is 5.72. The molecular weight excluding hydrogens is 234 g/mol. The quantitative estimate of drug-likeness (QED) is 0.299. The Hall–Kier alpha value is -1.30. The topological polar surface area (TPSA) is 96.9 Å². The second-order valence-electron chi connectivity index (χ2n) is 5.72. The minimum Gasteiger partial charge on any atom is -0.409 e. The molecule has 6 heteroatoms. The molecule has 0 unspecified atom stereocenters. The lowest BCUT2D eigenvalue weighted by molar-refractivity contribution is -0.127. The van der Waals surface area contributed by atoms with Crippen molar-refractivity contribution < 1.29 is 14.7 Å². The number of nitrogens with two attached hydrogens (primary N) is 1. The molecule has 1 saturated heterocycles. The highest BCUT2D eigenvalue weighted by molar-refractivity contribution is 6.05. The lowest BCUT2D eigenvalue weighted by atomic mass is 9.82. The van der Waals surface area contributed by atoms with Gasteiger partial charge in [0.05, 0.1) is 0 Å². The van der Waals surface area contributed by atoms with Crippen LogP contribution in [-0.2, 0) is 9.53 Å². The number of amidine groups is 1. The van der Waals surface area contributed by atoms with Crippen LogP contribution in [0.5, 0.6) is 0 Å². The van der Waals surface area contributed by atoms with Crippen molar-refractivity contribution in [1.29, 1.82) is 0 Å². The van der Waals surface area contributed by atoms with Gasteiger partial charge in [0.1, 0.15) is 5.41 Å². The molecular formula is C12H23N3O3. The van der Waals surface area contributed by atoms with Crippen LogP contribution >= 0.6 is 0 Å². The molecule has 6 nitrogen and oxygen atoms in total. The van der Waals surface area contributed by atoms with Crippen LogP contribution in [0, 0.1) is 10.8 Å². The monoisotopic (exact) mass is 257 g/mol. The van der Waals surface area contributed by atoms with Gasteiger partial charge < -0.3 is 21.0 Å². The van der Waals surface area contributed by atoms with Crippen molar-refractivity contribution in [1.82, 2.24) is 5.32 Å². The van der Waals surface area contributed by atoms with Gasteiger partial charge >= 0.3 is 0 Å². The molecule has 1 rings (SSSR count). The number of carbonyl (C=O) groups excluding carboxylic acids is 1. The Balaban J connectivity index is 2.55. The third-order valence-electron chi connectivity index (χ3n) is 3.69. The van der Waals surface area contributed by atoms with Crippen LogP contribution in [0.1, 0.15) is 33.6 Å². The Labute approximate surface area is 108 Å². The third kappa shape index (κ3) is 3.35. The average Bonchev–Trinajstić information content (AvgIpc) is 2.35. The van der Waals surface area contributed by atoms with Gasteiger partial charge in [0, 0.05) is 19.8 Å². The van der Waals surface area contributed by atoms with Crippen molar-refractivity contribution in [2.75, 3.05) is 19.8 Å². The lowest BCUT2D eigenvalue weighted by Crippen LogP contribution is -2.49. The molecule has 0 radical (unpaired) electrons. The summed E-state index contributed by atoms with van der Waals surface area (Å²) in [6.07, 6.45) is 1.86. The van der Waals surface area contributed by atoms with E-state index in [-0.39, 0.29) is 17.2 Å². The molecule has 0 aromatic heterocycles. The summed E-state index contributed by atoms with van der Waals surface area (Å²) < 4.78 is 5.31. The molecule has 0 aliphatic carbocycles. The zero-order chi connectivity index (χ0) is 13.8. The second kappa shape index (κ2) is 5.56. The first-order valence-corrected chi connectivity index (χ1v) is 6.16. The molecule has 4 N–H and O–H groups in total. The molecule has 104 valence electrons. The van der Waals surface area contributed by atoms with Crippen LogP contribution < -0.4 is 11.1 Å². The van der Waals surface area contributed by atoms with Crippen LogP contribution in [0.2, 0.25) is 0 Å². The Morgan fingerprint density at radius 2 is 2.06 bits per heavy atom. The summed E-state index contributed by atoms with van der Waals surface area (Å²) in [6.45, 7) is 7.43. The summed E-state index contributed by atoms with van der Waals surface area (Å²) >= 11 is 0. The van der Waals surface area contributed by atoms with Gasteiger partial charge in [-0.3, -0.25) is 4.79 Å². The van der Waals surface area contributed by atoms with E-state index in [4.69, 9.17) is 15.7 Å². The van der Waals surface area contributed by atoms with E-state index < -0.39 is 5.41 Å². The van der Waals surface area contributed by atoms with Crippen LogP contribution in [0.25, 0.3) is 0 Å². The number of nitrogens with zero attached hydrogens (tertiary/aromatic N) is 1. The molecule has 0 spiro atoms. The molecule has 0 atom stereocenters. The van der Waals surface area contributed by atoms with Crippen molar-refractivity contribution in [3.8, 4) is 0 Å². The molecule has 0 aromatic rings. The Kier molecular flexibility index (Phi) is 4.56. The van der Waals surface area contributed by atoms with E-state index in [1.54, 1.807) is 13.8 Å². The highest BCUT2D eigenvalue weighted by Gasteiger charge is 2.35. The molecule has 0 aromatic carbocycles. The molecule has 1 amide bonds. The van der Waals surface area contributed by atoms with Gasteiger partial charge in [-0.15, -0.1) is 0 Å². The van der Waals surface area contributed by atoms with Crippen LogP contribution in [0.4, 0.5) is 0 Å². The Bertz CT molecular complexity index is 333. The van der Waals surface area contributed by atoms with Crippen molar-refractivity contribution in [3.63, 3.8) is 0 Å². The van der Waals surface area contributed by atoms with Gasteiger partial charge in [0.2, 0.25) is 5.91 Å². The van der Waals surface area contributed by atoms with E-state index in [0.717, 1.165) is 26.1 Å². The number of carbonyl (C=O) groups is 1. The zero-order valence-electron chi connectivity index (χ0n) is 11.3. The van der Waals surface area contributed by atoms with E-state index in [1.165, 1.54) is 0 Å².